The molecular formula is C25H27N5O. The molecule has 158 valence electrons. The van der Waals surface area contributed by atoms with Crippen molar-refractivity contribution in [1.29, 1.82) is 5.26 Å². The average molecular weight is 414 g/mol. The predicted octanol–water partition coefficient (Wildman–Crippen LogP) is 3.83. The van der Waals surface area contributed by atoms with E-state index in [2.05, 4.69) is 23.2 Å². The molecule has 31 heavy (non-hydrogen) atoms. The molecule has 0 radical (unpaired) electrons. The molecule has 6 nitrogen and oxygen atoms in total. The van der Waals surface area contributed by atoms with E-state index in [-0.39, 0.29) is 5.91 Å². The number of para-hydroxylation sites is 2. The quantitative estimate of drug-likeness (QED) is 0.664. The lowest BCUT2D eigenvalue weighted by molar-refractivity contribution is -0.121. The van der Waals surface area contributed by atoms with Crippen molar-refractivity contribution in [2.24, 2.45) is 5.92 Å². The van der Waals surface area contributed by atoms with Crippen molar-refractivity contribution in [3.05, 3.63) is 65.9 Å². The van der Waals surface area contributed by atoms with Gasteiger partial charge >= 0.3 is 0 Å². The summed E-state index contributed by atoms with van der Waals surface area (Å²) in [7, 11) is 0. The highest BCUT2D eigenvalue weighted by molar-refractivity contribution is 5.88. The number of nitrogens with one attached hydrogen (secondary N) is 1. The number of hydrogen-bond donors (Lipinski definition) is 1. The van der Waals surface area contributed by atoms with Crippen LogP contribution in [0.3, 0.4) is 0 Å². The third-order valence-corrected chi connectivity index (χ3v) is 5.76. The van der Waals surface area contributed by atoms with Crippen LogP contribution in [0.5, 0.6) is 0 Å². The minimum Gasteiger partial charge on any atom is -0.355 e. The molecule has 3 aromatic rings. The average Bonchev–Trinajstić information content (AvgIpc) is 2.80. The molecule has 1 aliphatic rings. The molecule has 0 bridgehead atoms. The number of benzene rings is 2. The smallest absolute Gasteiger partial charge is 0.243 e. The fourth-order valence-corrected chi connectivity index (χ4v) is 4.13. The van der Waals surface area contributed by atoms with Crippen LogP contribution in [0.15, 0.2) is 54.6 Å². The Morgan fingerprint density at radius 2 is 1.87 bits per heavy atom. The van der Waals surface area contributed by atoms with E-state index in [4.69, 9.17) is 9.97 Å². The van der Waals surface area contributed by atoms with Crippen LogP contribution in [0.4, 0.5) is 5.82 Å². The molecule has 6 heteroatoms. The van der Waals surface area contributed by atoms with Crippen LogP contribution in [0.25, 0.3) is 11.0 Å². The first kappa shape index (κ1) is 20.8. The summed E-state index contributed by atoms with van der Waals surface area (Å²) >= 11 is 0. The fourth-order valence-electron chi connectivity index (χ4n) is 4.13. The molecule has 0 saturated carbocycles. The summed E-state index contributed by atoms with van der Waals surface area (Å²) < 4.78 is 0. The minimum absolute atomic E-state index is 0.325. The van der Waals surface area contributed by atoms with Gasteiger partial charge in [-0.1, -0.05) is 49.4 Å². The van der Waals surface area contributed by atoms with Crippen molar-refractivity contribution < 1.29 is 4.79 Å². The number of nitriles is 1. The Labute approximate surface area is 182 Å². The zero-order chi connectivity index (χ0) is 21.6. The lowest BCUT2D eigenvalue weighted by Crippen LogP contribution is -2.37. The first-order chi connectivity index (χ1) is 15.2. The van der Waals surface area contributed by atoms with Crippen molar-refractivity contribution in [2.45, 2.75) is 32.1 Å². The largest absolute Gasteiger partial charge is 0.355 e. The zero-order valence-electron chi connectivity index (χ0n) is 17.8. The van der Waals surface area contributed by atoms with Crippen molar-refractivity contribution in [3.63, 3.8) is 0 Å². The van der Waals surface area contributed by atoms with Gasteiger partial charge in [-0.15, -0.1) is 0 Å². The van der Waals surface area contributed by atoms with Gasteiger partial charge in [0.1, 0.15) is 5.69 Å². The first-order valence-corrected chi connectivity index (χ1v) is 10.9. The summed E-state index contributed by atoms with van der Waals surface area (Å²) in [5, 5.41) is 12.8. The molecule has 0 aliphatic carbocycles. The summed E-state index contributed by atoms with van der Waals surface area (Å²) in [6, 6.07) is 19.8. The Morgan fingerprint density at radius 1 is 1.16 bits per heavy atom. The molecule has 2 atom stereocenters. The molecule has 2 heterocycles. The number of aromatic nitrogens is 2. The van der Waals surface area contributed by atoms with Gasteiger partial charge in [0.15, 0.2) is 11.7 Å². The number of anilines is 1. The fraction of sp³-hybridized carbons (Fsp3) is 0.360. The van der Waals surface area contributed by atoms with E-state index in [9.17, 15) is 10.1 Å². The Hall–Kier alpha value is -3.46. The molecule has 1 saturated heterocycles. The van der Waals surface area contributed by atoms with Crippen molar-refractivity contribution in [3.8, 4) is 6.07 Å². The summed E-state index contributed by atoms with van der Waals surface area (Å²) in [5.41, 5.74) is 3.07. The molecule has 4 rings (SSSR count). The topological polar surface area (TPSA) is 81.9 Å². The van der Waals surface area contributed by atoms with E-state index in [1.54, 1.807) is 0 Å². The molecule has 1 fully saturated rings. The highest BCUT2D eigenvalue weighted by Gasteiger charge is 2.30. The number of hydrogen-bond acceptors (Lipinski definition) is 5. The SMILES string of the molecule is CC1CCCN(c2nc3ccccc3nc2C(C#N)C(=O)NCCc2ccccc2)C1. The maximum Gasteiger partial charge on any atom is 0.243 e. The minimum atomic E-state index is -1.000. The van der Waals surface area contributed by atoms with Gasteiger partial charge < -0.3 is 10.2 Å². The Balaban J connectivity index is 1.61. The molecule has 1 amide bonds. The predicted molar refractivity (Wildman–Crippen MR) is 122 cm³/mol. The van der Waals surface area contributed by atoms with Gasteiger partial charge in [0.2, 0.25) is 5.91 Å². The molecule has 1 aliphatic heterocycles. The second-order valence-electron chi connectivity index (χ2n) is 8.20. The summed E-state index contributed by atoms with van der Waals surface area (Å²) in [6.07, 6.45) is 2.95. The standard InChI is InChI=1S/C25H27N5O/c1-18-8-7-15-30(17-18)24-23(28-21-11-5-6-12-22(21)29-24)20(16-26)25(31)27-14-13-19-9-3-2-4-10-19/h2-6,9-12,18,20H,7-8,13-15,17H2,1H3,(H,27,31). The van der Waals surface area contributed by atoms with E-state index < -0.39 is 5.92 Å². The van der Waals surface area contributed by atoms with Gasteiger partial charge in [0, 0.05) is 19.6 Å². The summed E-state index contributed by atoms with van der Waals surface area (Å²) in [5.74, 6) is -0.125. The second kappa shape index (κ2) is 9.57. The van der Waals surface area contributed by atoms with Crippen LogP contribution in [-0.4, -0.2) is 35.5 Å². The Morgan fingerprint density at radius 3 is 2.58 bits per heavy atom. The van der Waals surface area contributed by atoms with Gasteiger partial charge in [0.25, 0.3) is 0 Å². The molecule has 0 spiro atoms. The molecule has 2 unspecified atom stereocenters. The van der Waals surface area contributed by atoms with Crippen LogP contribution in [-0.2, 0) is 11.2 Å². The normalized spacial score (nSPS) is 17.2. The van der Waals surface area contributed by atoms with E-state index in [0.29, 0.717) is 35.9 Å². The monoisotopic (exact) mass is 413 g/mol. The molecule has 1 N–H and O–H groups in total. The number of fused-ring (bicyclic) bond motifs is 1. The van der Waals surface area contributed by atoms with Crippen molar-refractivity contribution in [1.82, 2.24) is 15.3 Å². The number of carbonyl (C=O) groups is 1. The molecule has 1 aromatic heterocycles. The van der Waals surface area contributed by atoms with Crippen LogP contribution in [0, 0.1) is 17.2 Å². The number of piperidine rings is 1. The maximum absolute atomic E-state index is 13.0. The van der Waals surface area contributed by atoms with Crippen molar-refractivity contribution in [2.75, 3.05) is 24.5 Å². The molecule has 2 aromatic carbocycles. The Kier molecular flexibility index (Phi) is 6.42. The third kappa shape index (κ3) is 4.83. The van der Waals surface area contributed by atoms with Gasteiger partial charge in [-0.2, -0.15) is 5.26 Å². The van der Waals surface area contributed by atoms with E-state index in [0.717, 1.165) is 30.6 Å². The van der Waals surface area contributed by atoms with E-state index >= 15 is 0 Å². The lowest BCUT2D eigenvalue weighted by Gasteiger charge is -2.33. The summed E-state index contributed by atoms with van der Waals surface area (Å²) in [4.78, 5) is 24.8. The van der Waals surface area contributed by atoms with E-state index in [1.807, 2.05) is 54.6 Å². The van der Waals surface area contributed by atoms with Gasteiger partial charge in [-0.25, -0.2) is 9.97 Å². The van der Waals surface area contributed by atoms with Crippen LogP contribution < -0.4 is 10.2 Å². The second-order valence-corrected chi connectivity index (χ2v) is 8.20. The number of amides is 1. The zero-order valence-corrected chi connectivity index (χ0v) is 17.8. The number of rotatable bonds is 6. The maximum atomic E-state index is 13.0. The van der Waals surface area contributed by atoms with Gasteiger partial charge in [0.05, 0.1) is 17.1 Å². The summed E-state index contributed by atoms with van der Waals surface area (Å²) in [6.45, 7) is 4.41. The number of carbonyl (C=O) groups excluding carboxylic acids is 1. The third-order valence-electron chi connectivity index (χ3n) is 5.76. The van der Waals surface area contributed by atoms with Crippen LogP contribution in [0.1, 0.15) is 36.9 Å². The van der Waals surface area contributed by atoms with Crippen LogP contribution >= 0.6 is 0 Å². The van der Waals surface area contributed by atoms with Crippen molar-refractivity contribution >= 4 is 22.8 Å². The van der Waals surface area contributed by atoms with Gasteiger partial charge in [-0.3, -0.25) is 4.79 Å². The number of nitrogens with zero attached hydrogens (tertiary/aromatic N) is 4. The first-order valence-electron chi connectivity index (χ1n) is 10.9. The lowest BCUT2D eigenvalue weighted by atomic mass is 9.98. The van der Waals surface area contributed by atoms with Gasteiger partial charge in [-0.05, 0) is 42.9 Å². The van der Waals surface area contributed by atoms with E-state index in [1.165, 1.54) is 6.42 Å². The Bertz CT molecular complexity index is 1090. The highest BCUT2D eigenvalue weighted by Crippen LogP contribution is 2.30. The molecular weight excluding hydrogens is 386 g/mol. The van der Waals surface area contributed by atoms with Crippen LogP contribution in [0.2, 0.25) is 0 Å². The highest BCUT2D eigenvalue weighted by atomic mass is 16.1.